The Hall–Kier alpha value is -4.96. The van der Waals surface area contributed by atoms with Gasteiger partial charge in [-0.05, 0) is 71.8 Å². The molecule has 0 radical (unpaired) electrons. The van der Waals surface area contributed by atoms with E-state index in [1.54, 1.807) is 35.6 Å². The number of anilines is 1. The number of ether oxygens (including phenoxy) is 1. The summed E-state index contributed by atoms with van der Waals surface area (Å²) in [5.41, 5.74) is 9.08. The van der Waals surface area contributed by atoms with Crippen LogP contribution in [0, 0.1) is 18.3 Å². The summed E-state index contributed by atoms with van der Waals surface area (Å²) in [6.45, 7) is 10.8. The Balaban J connectivity index is 0.000000997. The van der Waals surface area contributed by atoms with Crippen LogP contribution in [0.15, 0.2) is 66.0 Å². The molecule has 2 heterocycles. The molecule has 1 aromatic heterocycles. The number of fused-ring (bicyclic) bond motifs is 3. The van der Waals surface area contributed by atoms with Gasteiger partial charge in [0.05, 0.1) is 11.9 Å². The molecule has 230 valence electrons. The number of carboxylic acids is 1. The third-order valence-corrected chi connectivity index (χ3v) is 7.51. The molecule has 9 nitrogen and oxygen atoms in total. The topological polar surface area (TPSA) is 155 Å². The van der Waals surface area contributed by atoms with Gasteiger partial charge in [0.1, 0.15) is 12.4 Å². The fraction of sp³-hybridized carbons (Fsp3) is 0.235. The van der Waals surface area contributed by atoms with Gasteiger partial charge in [-0.15, -0.1) is 11.3 Å². The summed E-state index contributed by atoms with van der Waals surface area (Å²) >= 11 is 1.57. The third-order valence-electron chi connectivity index (χ3n) is 6.52. The van der Waals surface area contributed by atoms with Gasteiger partial charge < -0.3 is 26.2 Å². The van der Waals surface area contributed by atoms with Gasteiger partial charge in [0, 0.05) is 39.4 Å². The Morgan fingerprint density at radius 2 is 1.66 bits per heavy atom. The molecule has 0 unspecified atom stereocenters. The van der Waals surface area contributed by atoms with Crippen molar-refractivity contribution in [3.8, 4) is 27.3 Å². The quantitative estimate of drug-likeness (QED) is 0.110. The van der Waals surface area contributed by atoms with Crippen LogP contribution < -0.4 is 21.1 Å². The fourth-order valence-electron chi connectivity index (χ4n) is 4.46. The van der Waals surface area contributed by atoms with E-state index in [9.17, 15) is 19.5 Å². The predicted octanol–water partition coefficient (Wildman–Crippen LogP) is 7.20. The SMILES string of the molecule is CC.Cc1ccc(NC(=O)c2cc3c(cc2-c2ccc(C(=O)NCC(C)C)cc2C(=O)O)OCc2ccsc2-3)cc1.N=CN. The van der Waals surface area contributed by atoms with E-state index < -0.39 is 5.97 Å². The Bertz CT molecular complexity index is 1640. The molecule has 0 atom stereocenters. The molecule has 0 saturated heterocycles. The van der Waals surface area contributed by atoms with Crippen molar-refractivity contribution in [2.45, 2.75) is 41.2 Å². The first-order chi connectivity index (χ1) is 21.1. The maximum Gasteiger partial charge on any atom is 0.336 e. The molecule has 3 aromatic carbocycles. The number of hydrogen-bond acceptors (Lipinski definition) is 6. The lowest BCUT2D eigenvalue weighted by atomic mass is 9.90. The Labute approximate surface area is 261 Å². The summed E-state index contributed by atoms with van der Waals surface area (Å²) < 4.78 is 6.02. The number of carbonyl (C=O) groups is 3. The van der Waals surface area contributed by atoms with Crippen molar-refractivity contribution in [3.63, 3.8) is 0 Å². The normalized spacial score (nSPS) is 10.9. The molecule has 6 N–H and O–H groups in total. The molecule has 1 aliphatic heterocycles. The number of carboxylic acid groups (broad SMARTS) is 1. The highest BCUT2D eigenvalue weighted by atomic mass is 32.1. The first kappa shape index (κ1) is 33.5. The second-order valence-electron chi connectivity index (χ2n) is 10.1. The van der Waals surface area contributed by atoms with Crippen LogP contribution in [0.4, 0.5) is 5.69 Å². The van der Waals surface area contributed by atoms with Crippen LogP contribution in [0.1, 0.15) is 69.9 Å². The summed E-state index contributed by atoms with van der Waals surface area (Å²) in [7, 11) is 0. The molecular formula is C34H38N4O5S. The monoisotopic (exact) mass is 614 g/mol. The second kappa shape index (κ2) is 15.5. The molecule has 5 rings (SSSR count). The lowest BCUT2D eigenvalue weighted by Gasteiger charge is -2.22. The van der Waals surface area contributed by atoms with Crippen LogP contribution in [-0.2, 0) is 6.61 Å². The molecular weight excluding hydrogens is 576 g/mol. The minimum absolute atomic E-state index is 0.0795. The average molecular weight is 615 g/mol. The van der Waals surface area contributed by atoms with E-state index in [1.807, 2.05) is 70.3 Å². The smallest absolute Gasteiger partial charge is 0.336 e. The van der Waals surface area contributed by atoms with Crippen molar-refractivity contribution in [3.05, 3.63) is 93.9 Å². The number of rotatable bonds is 7. The molecule has 44 heavy (non-hydrogen) atoms. The molecule has 4 aromatic rings. The number of aromatic carboxylic acids is 1. The fourth-order valence-corrected chi connectivity index (χ4v) is 5.39. The van der Waals surface area contributed by atoms with Crippen LogP contribution >= 0.6 is 11.3 Å². The Kier molecular flexibility index (Phi) is 11.8. The van der Waals surface area contributed by atoms with Crippen molar-refractivity contribution < 1.29 is 24.2 Å². The average Bonchev–Trinajstić information content (AvgIpc) is 3.51. The first-order valence-electron chi connectivity index (χ1n) is 14.2. The van der Waals surface area contributed by atoms with E-state index >= 15 is 0 Å². The minimum atomic E-state index is -1.20. The standard InChI is InChI=1S/C31H28N2O5S.C2H6.CH4N2/c1-17(2)15-32-29(34)19-6-9-22(25(12-19)31(36)37)23-14-27-26(28-20(16-38-27)10-11-39-28)13-24(23)30(35)33-21-7-4-18(3)5-8-21;1-2;2-1-3/h4-14,17H,15-16H2,1-3H3,(H,32,34)(H,33,35)(H,36,37);1-2H3;1H,(H3,2,3). The van der Waals surface area contributed by atoms with Crippen molar-refractivity contribution in [2.24, 2.45) is 11.7 Å². The van der Waals surface area contributed by atoms with Crippen molar-refractivity contribution in [1.29, 1.82) is 5.41 Å². The molecule has 0 saturated carbocycles. The van der Waals surface area contributed by atoms with Crippen LogP contribution in [-0.4, -0.2) is 35.8 Å². The zero-order chi connectivity index (χ0) is 32.4. The maximum atomic E-state index is 13.7. The molecule has 0 fully saturated rings. The largest absolute Gasteiger partial charge is 0.488 e. The van der Waals surface area contributed by atoms with Crippen molar-refractivity contribution >= 4 is 41.1 Å². The van der Waals surface area contributed by atoms with Gasteiger partial charge in [0.25, 0.3) is 11.8 Å². The van der Waals surface area contributed by atoms with Crippen molar-refractivity contribution in [1.82, 2.24) is 5.32 Å². The zero-order valence-electron chi connectivity index (χ0n) is 25.5. The third kappa shape index (κ3) is 7.90. The Morgan fingerprint density at radius 1 is 0.977 bits per heavy atom. The van der Waals surface area contributed by atoms with E-state index in [1.165, 1.54) is 6.07 Å². The summed E-state index contributed by atoms with van der Waals surface area (Å²) in [5, 5.41) is 23.7. The highest BCUT2D eigenvalue weighted by Gasteiger charge is 2.26. The van der Waals surface area contributed by atoms with Gasteiger partial charge in [0.2, 0.25) is 0 Å². The lowest BCUT2D eigenvalue weighted by molar-refractivity contribution is 0.0697. The first-order valence-corrected chi connectivity index (χ1v) is 15.1. The zero-order valence-corrected chi connectivity index (χ0v) is 26.3. The predicted molar refractivity (Wildman–Crippen MR) is 177 cm³/mol. The minimum Gasteiger partial charge on any atom is -0.488 e. The maximum absolute atomic E-state index is 13.7. The van der Waals surface area contributed by atoms with Gasteiger partial charge in [-0.3, -0.25) is 15.0 Å². The molecule has 2 amide bonds. The van der Waals surface area contributed by atoms with Crippen LogP contribution in [0.25, 0.3) is 21.6 Å². The van der Waals surface area contributed by atoms with Crippen LogP contribution in [0.3, 0.4) is 0 Å². The summed E-state index contributed by atoms with van der Waals surface area (Å²) in [6, 6.07) is 17.4. The van der Waals surface area contributed by atoms with Gasteiger partial charge in [-0.1, -0.05) is 51.5 Å². The van der Waals surface area contributed by atoms with Crippen LogP contribution in [0.5, 0.6) is 5.75 Å². The molecule has 0 bridgehead atoms. The van der Waals surface area contributed by atoms with Gasteiger partial charge in [0.15, 0.2) is 0 Å². The molecule has 1 aliphatic rings. The summed E-state index contributed by atoms with van der Waals surface area (Å²) in [4.78, 5) is 39.8. The number of carbonyl (C=O) groups excluding carboxylic acids is 2. The van der Waals surface area contributed by atoms with E-state index in [2.05, 4.69) is 16.4 Å². The molecule has 10 heteroatoms. The number of nitrogens with one attached hydrogen (secondary N) is 3. The number of aryl methyl sites for hydroxylation is 1. The molecule has 0 aliphatic carbocycles. The van der Waals surface area contributed by atoms with Crippen molar-refractivity contribution in [2.75, 3.05) is 11.9 Å². The van der Waals surface area contributed by atoms with E-state index in [-0.39, 0.29) is 28.9 Å². The Morgan fingerprint density at radius 3 is 2.30 bits per heavy atom. The highest BCUT2D eigenvalue weighted by molar-refractivity contribution is 7.13. The number of thiophene rings is 1. The van der Waals surface area contributed by atoms with E-state index in [0.29, 0.717) is 41.3 Å². The second-order valence-corrected chi connectivity index (χ2v) is 11.0. The van der Waals surface area contributed by atoms with Gasteiger partial charge in [-0.2, -0.15) is 0 Å². The molecule has 0 spiro atoms. The van der Waals surface area contributed by atoms with Crippen LogP contribution in [0.2, 0.25) is 0 Å². The number of amides is 2. The summed E-state index contributed by atoms with van der Waals surface area (Å²) in [5.74, 6) is -1.11. The number of benzene rings is 3. The van der Waals surface area contributed by atoms with E-state index in [4.69, 9.17) is 10.1 Å². The number of hydrogen-bond donors (Lipinski definition) is 5. The summed E-state index contributed by atoms with van der Waals surface area (Å²) in [6.07, 6.45) is 0.750. The highest BCUT2D eigenvalue weighted by Crippen LogP contribution is 2.45. The van der Waals surface area contributed by atoms with Gasteiger partial charge in [-0.25, -0.2) is 4.79 Å². The lowest BCUT2D eigenvalue weighted by Crippen LogP contribution is -2.27. The van der Waals surface area contributed by atoms with E-state index in [0.717, 1.165) is 27.9 Å². The number of nitrogens with two attached hydrogens (primary N) is 1. The van der Waals surface area contributed by atoms with Gasteiger partial charge >= 0.3 is 5.97 Å².